The zero-order valence-electron chi connectivity index (χ0n) is 17.2. The summed E-state index contributed by atoms with van der Waals surface area (Å²) >= 11 is 0. The number of nitrogens with zero attached hydrogens (tertiary/aromatic N) is 4. The molecular formula is C21H30N4O2. The molecule has 6 heteroatoms. The molecule has 0 radical (unpaired) electrons. The van der Waals surface area contributed by atoms with Crippen LogP contribution in [0.25, 0.3) is 0 Å². The Balaban J connectivity index is 1.80. The Bertz CT molecular complexity index is 760. The van der Waals surface area contributed by atoms with Gasteiger partial charge in [0, 0.05) is 43.1 Å². The van der Waals surface area contributed by atoms with E-state index >= 15 is 0 Å². The van der Waals surface area contributed by atoms with Gasteiger partial charge >= 0.3 is 0 Å². The molecule has 0 unspecified atom stereocenters. The Kier molecular flexibility index (Phi) is 5.02. The van der Waals surface area contributed by atoms with E-state index in [9.17, 15) is 4.79 Å². The van der Waals surface area contributed by atoms with E-state index in [0.717, 1.165) is 30.4 Å². The first-order chi connectivity index (χ1) is 12.6. The van der Waals surface area contributed by atoms with E-state index in [4.69, 9.17) is 14.4 Å². The number of amides is 1. The number of piperazine rings is 1. The van der Waals surface area contributed by atoms with Crippen LogP contribution in [0.15, 0.2) is 28.9 Å². The number of hydrogen-bond donors (Lipinski definition) is 0. The van der Waals surface area contributed by atoms with E-state index in [0.29, 0.717) is 18.8 Å². The molecule has 0 bridgehead atoms. The van der Waals surface area contributed by atoms with Gasteiger partial charge in [-0.2, -0.15) is 0 Å². The molecule has 1 aliphatic rings. The number of anilines is 1. The fraction of sp³-hybridized carbons (Fsp3) is 0.571. The standard InChI is InChI=1S/C21H30N4O2/c1-20(2,3)16-14-17(23-19(22-16)21(4,5)6)24-9-11-25(12-10-24)18(26)15-8-7-13-27-15/h7-8,13-14H,9-12H2,1-6H3. The third-order valence-electron chi connectivity index (χ3n) is 4.77. The van der Waals surface area contributed by atoms with Gasteiger partial charge in [0.05, 0.1) is 12.0 Å². The Morgan fingerprint density at radius 1 is 1.00 bits per heavy atom. The maximum absolute atomic E-state index is 12.5. The van der Waals surface area contributed by atoms with Crippen molar-refractivity contribution in [3.8, 4) is 0 Å². The highest BCUT2D eigenvalue weighted by Crippen LogP contribution is 2.28. The van der Waals surface area contributed by atoms with E-state index in [1.165, 1.54) is 6.26 Å². The molecule has 2 aromatic rings. The first-order valence-corrected chi connectivity index (χ1v) is 9.53. The average Bonchev–Trinajstić information content (AvgIpc) is 3.14. The predicted molar refractivity (Wildman–Crippen MR) is 106 cm³/mol. The van der Waals surface area contributed by atoms with Crippen molar-refractivity contribution in [2.75, 3.05) is 31.1 Å². The van der Waals surface area contributed by atoms with Gasteiger partial charge in [0.2, 0.25) is 0 Å². The largest absolute Gasteiger partial charge is 0.459 e. The summed E-state index contributed by atoms with van der Waals surface area (Å²) in [6.45, 7) is 15.7. The highest BCUT2D eigenvalue weighted by Gasteiger charge is 2.28. The predicted octanol–water partition coefficient (Wildman–Crippen LogP) is 3.63. The van der Waals surface area contributed by atoms with Gasteiger partial charge < -0.3 is 14.2 Å². The van der Waals surface area contributed by atoms with Gasteiger partial charge in [-0.15, -0.1) is 0 Å². The summed E-state index contributed by atoms with van der Waals surface area (Å²) in [5, 5.41) is 0. The second-order valence-electron chi connectivity index (χ2n) is 9.19. The summed E-state index contributed by atoms with van der Waals surface area (Å²) in [7, 11) is 0. The van der Waals surface area contributed by atoms with E-state index in [1.54, 1.807) is 12.1 Å². The van der Waals surface area contributed by atoms with Crippen molar-refractivity contribution in [2.24, 2.45) is 0 Å². The van der Waals surface area contributed by atoms with E-state index in [2.05, 4.69) is 52.5 Å². The number of furan rings is 1. The number of aromatic nitrogens is 2. The molecule has 1 amide bonds. The topological polar surface area (TPSA) is 62.5 Å². The van der Waals surface area contributed by atoms with Crippen LogP contribution < -0.4 is 4.90 Å². The fourth-order valence-corrected chi connectivity index (χ4v) is 3.01. The molecule has 0 N–H and O–H groups in total. The second kappa shape index (κ2) is 6.98. The molecule has 1 aliphatic heterocycles. The fourth-order valence-electron chi connectivity index (χ4n) is 3.01. The van der Waals surface area contributed by atoms with Crippen molar-refractivity contribution in [3.05, 3.63) is 41.7 Å². The van der Waals surface area contributed by atoms with Gasteiger partial charge in [-0.25, -0.2) is 9.97 Å². The molecule has 146 valence electrons. The van der Waals surface area contributed by atoms with Crippen LogP contribution in [0.1, 0.15) is 63.6 Å². The molecule has 3 rings (SSSR count). The van der Waals surface area contributed by atoms with Gasteiger partial charge in [-0.05, 0) is 12.1 Å². The highest BCUT2D eigenvalue weighted by molar-refractivity contribution is 5.91. The second-order valence-corrected chi connectivity index (χ2v) is 9.19. The lowest BCUT2D eigenvalue weighted by atomic mass is 9.90. The van der Waals surface area contributed by atoms with Gasteiger partial charge in [0.25, 0.3) is 5.91 Å². The van der Waals surface area contributed by atoms with Gasteiger partial charge in [-0.3, -0.25) is 4.79 Å². The van der Waals surface area contributed by atoms with Gasteiger partial charge in [0.15, 0.2) is 5.76 Å². The molecular weight excluding hydrogens is 340 g/mol. The first kappa shape index (κ1) is 19.4. The lowest BCUT2D eigenvalue weighted by molar-refractivity contribution is 0.0714. The van der Waals surface area contributed by atoms with Crippen molar-refractivity contribution >= 4 is 11.7 Å². The molecule has 27 heavy (non-hydrogen) atoms. The minimum absolute atomic E-state index is 0.0469. The molecule has 0 aliphatic carbocycles. The number of carbonyl (C=O) groups excluding carboxylic acids is 1. The number of carbonyl (C=O) groups is 1. The van der Waals surface area contributed by atoms with Crippen molar-refractivity contribution in [3.63, 3.8) is 0 Å². The Morgan fingerprint density at radius 2 is 1.67 bits per heavy atom. The van der Waals surface area contributed by atoms with Crippen LogP contribution in [0.5, 0.6) is 0 Å². The molecule has 1 fully saturated rings. The monoisotopic (exact) mass is 370 g/mol. The Labute approximate surface area is 161 Å². The number of rotatable bonds is 2. The molecule has 0 atom stereocenters. The molecule has 0 aromatic carbocycles. The summed E-state index contributed by atoms with van der Waals surface area (Å²) in [5.41, 5.74) is 0.883. The lowest BCUT2D eigenvalue weighted by Gasteiger charge is -2.36. The van der Waals surface area contributed by atoms with Crippen LogP contribution in [0.4, 0.5) is 5.82 Å². The van der Waals surface area contributed by atoms with E-state index in [1.807, 2.05) is 4.90 Å². The van der Waals surface area contributed by atoms with Crippen molar-refractivity contribution in [1.29, 1.82) is 0 Å². The third kappa shape index (κ3) is 4.31. The molecule has 0 saturated carbocycles. The maximum atomic E-state index is 12.5. The van der Waals surface area contributed by atoms with Crippen LogP contribution in [0.2, 0.25) is 0 Å². The lowest BCUT2D eigenvalue weighted by Crippen LogP contribution is -2.49. The normalized spacial score (nSPS) is 15.9. The highest BCUT2D eigenvalue weighted by atomic mass is 16.3. The van der Waals surface area contributed by atoms with E-state index < -0.39 is 0 Å². The SMILES string of the molecule is CC(C)(C)c1cc(N2CCN(C(=O)c3ccco3)CC2)nc(C(C)(C)C)n1. The molecule has 1 saturated heterocycles. The maximum Gasteiger partial charge on any atom is 0.289 e. The quantitative estimate of drug-likeness (QED) is 0.808. The summed E-state index contributed by atoms with van der Waals surface area (Å²) in [4.78, 5) is 26.2. The van der Waals surface area contributed by atoms with Crippen LogP contribution in [0.3, 0.4) is 0 Å². The molecule has 2 aromatic heterocycles. The zero-order chi connectivity index (χ0) is 19.8. The average molecular weight is 370 g/mol. The molecule has 0 spiro atoms. The van der Waals surface area contributed by atoms with Gasteiger partial charge in [0.1, 0.15) is 11.6 Å². The molecule has 6 nitrogen and oxygen atoms in total. The number of hydrogen-bond acceptors (Lipinski definition) is 5. The zero-order valence-corrected chi connectivity index (χ0v) is 17.2. The van der Waals surface area contributed by atoms with Crippen molar-refractivity contribution in [1.82, 2.24) is 14.9 Å². The smallest absolute Gasteiger partial charge is 0.289 e. The van der Waals surface area contributed by atoms with Crippen molar-refractivity contribution < 1.29 is 9.21 Å². The van der Waals surface area contributed by atoms with Crippen LogP contribution in [0, 0.1) is 0 Å². The van der Waals surface area contributed by atoms with Gasteiger partial charge in [-0.1, -0.05) is 41.5 Å². The summed E-state index contributed by atoms with van der Waals surface area (Å²) in [6, 6.07) is 5.55. The summed E-state index contributed by atoms with van der Waals surface area (Å²) in [5.74, 6) is 2.16. The third-order valence-corrected chi connectivity index (χ3v) is 4.77. The summed E-state index contributed by atoms with van der Waals surface area (Å²) in [6.07, 6.45) is 1.53. The van der Waals surface area contributed by atoms with Crippen LogP contribution >= 0.6 is 0 Å². The Hall–Kier alpha value is -2.37. The van der Waals surface area contributed by atoms with Crippen LogP contribution in [-0.4, -0.2) is 47.0 Å². The molecule has 3 heterocycles. The summed E-state index contributed by atoms with van der Waals surface area (Å²) < 4.78 is 5.24. The first-order valence-electron chi connectivity index (χ1n) is 9.53. The minimum atomic E-state index is -0.118. The Morgan fingerprint density at radius 3 is 2.19 bits per heavy atom. The van der Waals surface area contributed by atoms with E-state index in [-0.39, 0.29) is 16.7 Å². The minimum Gasteiger partial charge on any atom is -0.459 e. The van der Waals surface area contributed by atoms with Crippen LogP contribution in [-0.2, 0) is 10.8 Å². The van der Waals surface area contributed by atoms with Crippen molar-refractivity contribution in [2.45, 2.75) is 52.4 Å².